The Morgan fingerprint density at radius 3 is 2.85 bits per heavy atom. The predicted octanol–water partition coefficient (Wildman–Crippen LogP) is 2.72. The van der Waals surface area contributed by atoms with Gasteiger partial charge in [-0.05, 0) is 42.3 Å². The average molecular weight is 371 g/mol. The summed E-state index contributed by atoms with van der Waals surface area (Å²) in [5.41, 5.74) is 4.49. The lowest BCUT2D eigenvalue weighted by Gasteiger charge is -2.36. The number of carbonyl (C=O) groups excluding carboxylic acids is 1. The van der Waals surface area contributed by atoms with E-state index in [9.17, 15) is 4.79 Å². The lowest BCUT2D eigenvalue weighted by molar-refractivity contribution is -0.133. The maximum absolute atomic E-state index is 12.9. The topological polar surface area (TPSA) is 48.5 Å². The number of halogens is 1. The largest absolute Gasteiger partial charge is 0.373 e. The van der Waals surface area contributed by atoms with Gasteiger partial charge in [0.1, 0.15) is 6.04 Å². The summed E-state index contributed by atoms with van der Waals surface area (Å²) in [5.74, 6) is 0.186. The molecule has 26 heavy (non-hydrogen) atoms. The normalized spacial score (nSPS) is 19.9. The molecule has 3 heterocycles. The number of carbonyl (C=O) groups is 1. The van der Waals surface area contributed by atoms with Gasteiger partial charge in [-0.1, -0.05) is 17.7 Å². The fourth-order valence-electron chi connectivity index (χ4n) is 3.72. The summed E-state index contributed by atoms with van der Waals surface area (Å²) in [6.45, 7) is 6.23. The Labute approximate surface area is 159 Å². The molecule has 2 aliphatic heterocycles. The molecule has 1 aromatic carbocycles. The Bertz CT molecular complexity index is 817. The van der Waals surface area contributed by atoms with Crippen LogP contribution in [0.4, 0.5) is 5.69 Å². The molecule has 1 aromatic heterocycles. The van der Waals surface area contributed by atoms with Crippen LogP contribution in [0, 0.1) is 6.92 Å². The van der Waals surface area contributed by atoms with E-state index in [2.05, 4.69) is 28.2 Å². The predicted molar refractivity (Wildman–Crippen MR) is 103 cm³/mol. The van der Waals surface area contributed by atoms with Gasteiger partial charge in [-0.15, -0.1) is 0 Å². The molecule has 0 saturated carbocycles. The van der Waals surface area contributed by atoms with E-state index in [4.69, 9.17) is 11.6 Å². The van der Waals surface area contributed by atoms with Gasteiger partial charge in [-0.25, -0.2) is 0 Å². The molecule has 136 valence electrons. The second-order valence-corrected chi connectivity index (χ2v) is 7.51. The monoisotopic (exact) mass is 370 g/mol. The van der Waals surface area contributed by atoms with E-state index in [1.807, 2.05) is 35.4 Å². The van der Waals surface area contributed by atoms with E-state index in [1.165, 1.54) is 5.56 Å². The minimum Gasteiger partial charge on any atom is -0.373 e. The number of benzene rings is 1. The second-order valence-electron chi connectivity index (χ2n) is 7.07. The van der Waals surface area contributed by atoms with Crippen molar-refractivity contribution < 1.29 is 4.79 Å². The molecule has 0 aliphatic carbocycles. The quantitative estimate of drug-likeness (QED) is 0.902. The van der Waals surface area contributed by atoms with Gasteiger partial charge >= 0.3 is 0 Å². The summed E-state index contributed by atoms with van der Waals surface area (Å²) < 4.78 is 0. The number of fused-ring (bicyclic) bond motifs is 1. The van der Waals surface area contributed by atoms with Crippen LogP contribution >= 0.6 is 11.6 Å². The first-order valence-electron chi connectivity index (χ1n) is 9.07. The Morgan fingerprint density at radius 1 is 1.27 bits per heavy atom. The highest BCUT2D eigenvalue weighted by atomic mass is 35.5. The summed E-state index contributed by atoms with van der Waals surface area (Å²) in [7, 11) is 0. The Balaban J connectivity index is 1.32. The van der Waals surface area contributed by atoms with Gasteiger partial charge in [0.2, 0.25) is 5.91 Å². The highest BCUT2D eigenvalue weighted by Gasteiger charge is 2.32. The number of rotatable bonds is 3. The molecule has 1 fully saturated rings. The minimum absolute atomic E-state index is 0.173. The molecule has 2 aliphatic rings. The standard InChI is InChI=1S/C20H23ClN4O/c1-14-3-2-6-22-19(14)13-24-7-9-25(10-8-24)20(26)18-12-15-11-16(21)4-5-17(15)23-18/h2-6,11,18,23H,7-10,12-13H2,1H3/t18-/m1/s1. The van der Waals surface area contributed by atoms with E-state index in [1.54, 1.807) is 0 Å². The van der Waals surface area contributed by atoms with Crippen molar-refractivity contribution in [3.8, 4) is 0 Å². The third-order valence-corrected chi connectivity index (χ3v) is 5.53. The lowest BCUT2D eigenvalue weighted by atomic mass is 10.1. The van der Waals surface area contributed by atoms with Crippen molar-refractivity contribution in [2.75, 3.05) is 31.5 Å². The number of nitrogens with zero attached hydrogens (tertiary/aromatic N) is 3. The van der Waals surface area contributed by atoms with Crippen molar-refractivity contribution in [1.29, 1.82) is 0 Å². The van der Waals surface area contributed by atoms with Crippen molar-refractivity contribution in [2.24, 2.45) is 0 Å². The highest BCUT2D eigenvalue weighted by Crippen LogP contribution is 2.29. The minimum atomic E-state index is -0.173. The molecule has 0 spiro atoms. The van der Waals surface area contributed by atoms with Gasteiger partial charge in [0.25, 0.3) is 0 Å². The zero-order chi connectivity index (χ0) is 18.1. The number of hydrogen-bond acceptors (Lipinski definition) is 4. The molecule has 4 rings (SSSR count). The molecule has 1 N–H and O–H groups in total. The molecule has 1 atom stereocenters. The summed E-state index contributed by atoms with van der Waals surface area (Å²) in [6, 6.07) is 9.65. The van der Waals surface area contributed by atoms with Crippen LogP contribution in [0.25, 0.3) is 0 Å². The SMILES string of the molecule is Cc1cccnc1CN1CCN(C(=O)[C@H]2Cc3cc(Cl)ccc3N2)CC1. The van der Waals surface area contributed by atoms with Gasteiger partial charge in [-0.3, -0.25) is 14.7 Å². The van der Waals surface area contributed by atoms with Crippen LogP contribution in [0.5, 0.6) is 0 Å². The molecule has 0 radical (unpaired) electrons. The van der Waals surface area contributed by atoms with Crippen molar-refractivity contribution in [3.63, 3.8) is 0 Å². The van der Waals surface area contributed by atoms with Crippen LogP contribution in [-0.4, -0.2) is 52.9 Å². The summed E-state index contributed by atoms with van der Waals surface area (Å²) >= 11 is 6.06. The molecular formula is C20H23ClN4O. The van der Waals surface area contributed by atoms with Crippen molar-refractivity contribution in [3.05, 3.63) is 58.4 Å². The molecule has 1 saturated heterocycles. The van der Waals surface area contributed by atoms with E-state index in [-0.39, 0.29) is 11.9 Å². The molecule has 5 nitrogen and oxygen atoms in total. The van der Waals surface area contributed by atoms with Crippen molar-refractivity contribution >= 4 is 23.2 Å². The number of amides is 1. The number of anilines is 1. The zero-order valence-corrected chi connectivity index (χ0v) is 15.7. The van der Waals surface area contributed by atoms with Crippen LogP contribution in [0.3, 0.4) is 0 Å². The maximum atomic E-state index is 12.9. The number of pyridine rings is 1. The van der Waals surface area contributed by atoms with Gasteiger partial charge in [0.15, 0.2) is 0 Å². The van der Waals surface area contributed by atoms with Crippen LogP contribution < -0.4 is 5.32 Å². The molecule has 6 heteroatoms. The van der Waals surface area contributed by atoms with Gasteiger partial charge < -0.3 is 10.2 Å². The first kappa shape index (κ1) is 17.3. The van der Waals surface area contributed by atoms with Gasteiger partial charge in [0, 0.05) is 56.1 Å². The number of piperazine rings is 1. The number of nitrogens with one attached hydrogen (secondary N) is 1. The van der Waals surface area contributed by atoms with E-state index in [0.29, 0.717) is 6.42 Å². The first-order chi connectivity index (χ1) is 12.6. The Hall–Kier alpha value is -2.11. The molecule has 1 amide bonds. The van der Waals surface area contributed by atoms with Crippen molar-refractivity contribution in [2.45, 2.75) is 25.9 Å². The van der Waals surface area contributed by atoms with Gasteiger partial charge in [-0.2, -0.15) is 0 Å². The maximum Gasteiger partial charge on any atom is 0.245 e. The smallest absolute Gasteiger partial charge is 0.245 e. The van der Waals surface area contributed by atoms with Crippen LogP contribution in [0.1, 0.15) is 16.8 Å². The lowest BCUT2D eigenvalue weighted by Crippen LogP contribution is -2.52. The van der Waals surface area contributed by atoms with E-state index >= 15 is 0 Å². The third kappa shape index (κ3) is 3.55. The molecule has 0 bridgehead atoms. The average Bonchev–Trinajstić information content (AvgIpc) is 3.07. The zero-order valence-electron chi connectivity index (χ0n) is 14.9. The van der Waals surface area contributed by atoms with Crippen LogP contribution in [0.2, 0.25) is 5.02 Å². The Morgan fingerprint density at radius 2 is 2.08 bits per heavy atom. The Kier molecular flexibility index (Phi) is 4.83. The summed E-state index contributed by atoms with van der Waals surface area (Å²) in [4.78, 5) is 21.7. The van der Waals surface area contributed by atoms with E-state index < -0.39 is 0 Å². The first-order valence-corrected chi connectivity index (χ1v) is 9.44. The van der Waals surface area contributed by atoms with Gasteiger partial charge in [0.05, 0.1) is 5.69 Å². The summed E-state index contributed by atoms with van der Waals surface area (Å²) in [5, 5.41) is 4.06. The van der Waals surface area contributed by atoms with Crippen molar-refractivity contribution in [1.82, 2.24) is 14.8 Å². The number of hydrogen-bond donors (Lipinski definition) is 1. The fraction of sp³-hybridized carbons (Fsp3) is 0.400. The van der Waals surface area contributed by atoms with Crippen LogP contribution in [0.15, 0.2) is 36.5 Å². The second kappa shape index (κ2) is 7.25. The van der Waals surface area contributed by atoms with Crippen LogP contribution in [-0.2, 0) is 17.8 Å². The molecular weight excluding hydrogens is 348 g/mol. The fourth-order valence-corrected chi connectivity index (χ4v) is 3.92. The third-order valence-electron chi connectivity index (χ3n) is 5.29. The number of aromatic nitrogens is 1. The molecule has 2 aromatic rings. The van der Waals surface area contributed by atoms with E-state index in [0.717, 1.165) is 54.7 Å². The highest BCUT2D eigenvalue weighted by molar-refractivity contribution is 6.30. The number of aryl methyl sites for hydroxylation is 1. The molecule has 0 unspecified atom stereocenters. The summed E-state index contributed by atoms with van der Waals surface area (Å²) in [6.07, 6.45) is 2.56.